The zero-order chi connectivity index (χ0) is 18.4. The molecule has 2 rings (SSSR count). The molecule has 2 aliphatic rings. The molecule has 0 spiro atoms. The number of nitrogens with zero attached hydrogens (tertiary/aromatic N) is 1. The van der Waals surface area contributed by atoms with Gasteiger partial charge in [0.1, 0.15) is 5.60 Å². The summed E-state index contributed by atoms with van der Waals surface area (Å²) in [7, 11) is 0. The van der Waals surface area contributed by atoms with E-state index in [2.05, 4.69) is 0 Å². The molecule has 0 aromatic heterocycles. The van der Waals surface area contributed by atoms with Crippen LogP contribution < -0.4 is 0 Å². The van der Waals surface area contributed by atoms with Crippen LogP contribution in [0.25, 0.3) is 0 Å². The van der Waals surface area contributed by atoms with E-state index in [4.69, 9.17) is 14.2 Å². The highest BCUT2D eigenvalue weighted by atomic mass is 16.6. The van der Waals surface area contributed by atoms with Gasteiger partial charge in [-0.1, -0.05) is 0 Å². The minimum absolute atomic E-state index is 0.0359. The molecule has 2 fully saturated rings. The third-order valence-electron chi connectivity index (χ3n) is 4.77. The molecule has 1 saturated carbocycles. The monoisotopic (exact) mass is 355 g/mol. The van der Waals surface area contributed by atoms with Crippen molar-refractivity contribution in [2.45, 2.75) is 84.0 Å². The molecule has 0 N–H and O–H groups in total. The molecule has 0 aromatic carbocycles. The van der Waals surface area contributed by atoms with Gasteiger partial charge >= 0.3 is 12.1 Å². The summed E-state index contributed by atoms with van der Waals surface area (Å²) >= 11 is 0. The predicted octanol–water partition coefficient (Wildman–Crippen LogP) is 3.52. The topological polar surface area (TPSA) is 65.1 Å². The van der Waals surface area contributed by atoms with Gasteiger partial charge in [0.2, 0.25) is 0 Å². The molecule has 1 heterocycles. The number of carbonyl (C=O) groups is 2. The predicted molar refractivity (Wildman–Crippen MR) is 94.3 cm³/mol. The molecule has 1 saturated heterocycles. The van der Waals surface area contributed by atoms with Crippen LogP contribution in [0.3, 0.4) is 0 Å². The maximum absolute atomic E-state index is 12.1. The van der Waals surface area contributed by atoms with Gasteiger partial charge < -0.3 is 19.1 Å². The van der Waals surface area contributed by atoms with Crippen LogP contribution in [0.5, 0.6) is 0 Å². The molecule has 0 atom stereocenters. The Balaban J connectivity index is 1.67. The summed E-state index contributed by atoms with van der Waals surface area (Å²) in [4.78, 5) is 25.6. The van der Waals surface area contributed by atoms with E-state index in [1.807, 2.05) is 27.7 Å². The van der Waals surface area contributed by atoms with Crippen molar-refractivity contribution >= 4 is 12.1 Å². The minimum atomic E-state index is -0.456. The number of likely N-dealkylation sites (tertiary alicyclic amines) is 1. The normalized spacial score (nSPS) is 25.5. The number of amides is 1. The fraction of sp³-hybridized carbons (Fsp3) is 0.895. The van der Waals surface area contributed by atoms with Gasteiger partial charge in [0.25, 0.3) is 0 Å². The Bertz CT molecular complexity index is 443. The van der Waals surface area contributed by atoms with Crippen molar-refractivity contribution in [1.29, 1.82) is 0 Å². The van der Waals surface area contributed by atoms with E-state index in [-0.39, 0.29) is 30.2 Å². The maximum Gasteiger partial charge on any atom is 0.410 e. The summed E-state index contributed by atoms with van der Waals surface area (Å²) in [6.07, 6.45) is 5.40. The van der Waals surface area contributed by atoms with Gasteiger partial charge in [-0.3, -0.25) is 4.79 Å². The number of carbonyl (C=O) groups excluding carboxylic acids is 2. The van der Waals surface area contributed by atoms with E-state index >= 15 is 0 Å². The molecule has 0 unspecified atom stereocenters. The lowest BCUT2D eigenvalue weighted by Gasteiger charge is -2.36. The fourth-order valence-electron chi connectivity index (χ4n) is 3.47. The van der Waals surface area contributed by atoms with E-state index in [1.54, 1.807) is 4.90 Å². The van der Waals surface area contributed by atoms with Crippen LogP contribution in [0.15, 0.2) is 0 Å². The molecule has 6 nitrogen and oxygen atoms in total. The van der Waals surface area contributed by atoms with Crippen LogP contribution in [0.1, 0.15) is 66.2 Å². The highest BCUT2D eigenvalue weighted by molar-refractivity contribution is 5.72. The van der Waals surface area contributed by atoms with Crippen LogP contribution >= 0.6 is 0 Å². The summed E-state index contributed by atoms with van der Waals surface area (Å²) < 4.78 is 16.7. The van der Waals surface area contributed by atoms with Gasteiger partial charge in [0, 0.05) is 13.1 Å². The largest absolute Gasteiger partial charge is 0.466 e. The molecule has 1 aliphatic heterocycles. The molecule has 0 radical (unpaired) electrons. The molecule has 1 aliphatic carbocycles. The zero-order valence-corrected chi connectivity index (χ0v) is 16.1. The summed E-state index contributed by atoms with van der Waals surface area (Å²) in [6.45, 7) is 9.30. The van der Waals surface area contributed by atoms with Crippen LogP contribution in [0, 0.1) is 5.92 Å². The van der Waals surface area contributed by atoms with Crippen LogP contribution in [0.4, 0.5) is 4.79 Å². The Morgan fingerprint density at radius 2 is 1.52 bits per heavy atom. The summed E-state index contributed by atoms with van der Waals surface area (Å²) in [5, 5.41) is 0. The van der Waals surface area contributed by atoms with Crippen molar-refractivity contribution in [3.63, 3.8) is 0 Å². The third-order valence-corrected chi connectivity index (χ3v) is 4.77. The summed E-state index contributed by atoms with van der Waals surface area (Å²) in [6, 6.07) is 0. The Morgan fingerprint density at radius 3 is 2.04 bits per heavy atom. The Hall–Kier alpha value is -1.30. The molecule has 6 heteroatoms. The molecule has 25 heavy (non-hydrogen) atoms. The van der Waals surface area contributed by atoms with Gasteiger partial charge in [-0.05, 0) is 66.2 Å². The van der Waals surface area contributed by atoms with Gasteiger partial charge in [0.15, 0.2) is 0 Å². The van der Waals surface area contributed by atoms with Crippen LogP contribution in [0.2, 0.25) is 0 Å². The lowest BCUT2D eigenvalue weighted by Crippen LogP contribution is -2.44. The lowest BCUT2D eigenvalue weighted by atomic mass is 9.87. The first-order valence-electron chi connectivity index (χ1n) is 9.58. The van der Waals surface area contributed by atoms with E-state index in [0.29, 0.717) is 19.7 Å². The van der Waals surface area contributed by atoms with Crippen molar-refractivity contribution in [3.05, 3.63) is 0 Å². The quantitative estimate of drug-likeness (QED) is 0.722. The second-order valence-corrected chi connectivity index (χ2v) is 8.03. The smallest absolute Gasteiger partial charge is 0.410 e. The number of ether oxygens (including phenoxy) is 3. The van der Waals surface area contributed by atoms with Crippen LogP contribution in [-0.2, 0) is 19.0 Å². The van der Waals surface area contributed by atoms with Crippen molar-refractivity contribution in [1.82, 2.24) is 4.90 Å². The summed E-state index contributed by atoms with van der Waals surface area (Å²) in [5.74, 6) is -0.0274. The van der Waals surface area contributed by atoms with Gasteiger partial charge in [-0.2, -0.15) is 0 Å². The highest BCUT2D eigenvalue weighted by Gasteiger charge is 2.31. The number of piperidine rings is 1. The van der Waals surface area contributed by atoms with Crippen molar-refractivity contribution in [2.75, 3.05) is 19.7 Å². The Labute approximate surface area is 151 Å². The first-order valence-corrected chi connectivity index (χ1v) is 9.58. The second-order valence-electron chi connectivity index (χ2n) is 8.03. The average molecular weight is 355 g/mol. The maximum atomic E-state index is 12.1. The third kappa shape index (κ3) is 6.49. The molecule has 1 amide bonds. The van der Waals surface area contributed by atoms with Crippen LogP contribution in [-0.4, -0.2) is 54.5 Å². The number of hydrogen-bond donors (Lipinski definition) is 0. The first kappa shape index (κ1) is 20.0. The van der Waals surface area contributed by atoms with Crippen molar-refractivity contribution in [2.24, 2.45) is 5.92 Å². The van der Waals surface area contributed by atoms with Gasteiger partial charge in [0.05, 0.1) is 24.7 Å². The van der Waals surface area contributed by atoms with Gasteiger partial charge in [-0.25, -0.2) is 4.79 Å². The van der Waals surface area contributed by atoms with Gasteiger partial charge in [-0.15, -0.1) is 0 Å². The number of esters is 1. The van der Waals surface area contributed by atoms with Crippen molar-refractivity contribution < 1.29 is 23.8 Å². The number of rotatable bonds is 4. The van der Waals surface area contributed by atoms with E-state index in [9.17, 15) is 9.59 Å². The fourth-order valence-corrected chi connectivity index (χ4v) is 3.47. The highest BCUT2D eigenvalue weighted by Crippen LogP contribution is 2.29. The first-order chi connectivity index (χ1) is 11.8. The average Bonchev–Trinajstić information content (AvgIpc) is 2.55. The zero-order valence-electron chi connectivity index (χ0n) is 16.1. The molecule has 0 bridgehead atoms. The summed E-state index contributed by atoms with van der Waals surface area (Å²) in [5.41, 5.74) is -0.456. The minimum Gasteiger partial charge on any atom is -0.466 e. The second kappa shape index (κ2) is 8.88. The van der Waals surface area contributed by atoms with E-state index in [0.717, 1.165) is 38.5 Å². The molecular weight excluding hydrogens is 322 g/mol. The van der Waals surface area contributed by atoms with Crippen molar-refractivity contribution in [3.8, 4) is 0 Å². The SMILES string of the molecule is CCOC(=O)[C@H]1CC[C@@H](OC2CCN(C(=O)OC(C)(C)C)CC2)CC1. The van der Waals surface area contributed by atoms with E-state index < -0.39 is 5.60 Å². The standard InChI is InChI=1S/C19H33NO5/c1-5-23-17(21)14-6-8-15(9-7-14)24-16-10-12-20(13-11-16)18(22)25-19(2,3)4/h14-16H,5-13H2,1-4H3/t14-,15+. The molecule has 144 valence electrons. The van der Waals surface area contributed by atoms with E-state index in [1.165, 1.54) is 0 Å². The molecule has 0 aromatic rings. The number of hydrogen-bond acceptors (Lipinski definition) is 5. The Kier molecular flexibility index (Phi) is 7.11. The Morgan fingerprint density at radius 1 is 0.960 bits per heavy atom. The lowest BCUT2D eigenvalue weighted by molar-refractivity contribution is -0.150. The molecular formula is C19H33NO5.